The summed E-state index contributed by atoms with van der Waals surface area (Å²) >= 11 is 0. The van der Waals surface area contributed by atoms with Gasteiger partial charge in [0, 0.05) is 35.4 Å². The number of hydrogen-bond donors (Lipinski definition) is 3. The summed E-state index contributed by atoms with van der Waals surface area (Å²) in [5, 5.41) is 21.2. The van der Waals surface area contributed by atoms with Crippen molar-refractivity contribution in [3.05, 3.63) is 89.6 Å². The number of nitrogens with zero attached hydrogens (tertiary/aromatic N) is 1. The number of aliphatic hydroxyl groups excluding tert-OH is 1. The number of H-pyrrole nitrogens is 1. The van der Waals surface area contributed by atoms with Crippen LogP contribution >= 0.6 is 0 Å². The van der Waals surface area contributed by atoms with Crippen molar-refractivity contribution in [3.8, 4) is 11.3 Å². The lowest BCUT2D eigenvalue weighted by atomic mass is 9.68. The highest BCUT2D eigenvalue weighted by Crippen LogP contribution is 2.52. The molecule has 0 saturated heterocycles. The molecule has 0 bridgehead atoms. The normalized spacial score (nSPS) is 18.3. The average Bonchev–Trinajstić information content (AvgIpc) is 3.33. The van der Waals surface area contributed by atoms with Crippen molar-refractivity contribution in [3.63, 3.8) is 0 Å². The van der Waals surface area contributed by atoms with Crippen molar-refractivity contribution in [2.75, 3.05) is 11.9 Å². The van der Waals surface area contributed by atoms with Crippen LogP contribution in [-0.2, 0) is 4.79 Å². The number of anilines is 1. The van der Waals surface area contributed by atoms with Gasteiger partial charge in [0.1, 0.15) is 0 Å². The zero-order valence-corrected chi connectivity index (χ0v) is 20.4. The summed E-state index contributed by atoms with van der Waals surface area (Å²) in [6.45, 7) is 6.33. The minimum atomic E-state index is -0.226. The first-order valence-electron chi connectivity index (χ1n) is 12.2. The number of aromatic amines is 1. The van der Waals surface area contributed by atoms with Crippen molar-refractivity contribution in [1.82, 2.24) is 10.2 Å². The smallest absolute Gasteiger partial charge is 0.162 e. The Labute approximate surface area is 205 Å². The molecule has 1 unspecified atom stereocenters. The Morgan fingerprint density at radius 1 is 1.00 bits per heavy atom. The van der Waals surface area contributed by atoms with E-state index in [0.717, 1.165) is 34.5 Å². The lowest BCUT2D eigenvalue weighted by molar-refractivity contribution is -0.118. The zero-order valence-electron chi connectivity index (χ0n) is 20.4. The molecule has 6 rings (SSSR count). The van der Waals surface area contributed by atoms with E-state index in [0.29, 0.717) is 6.42 Å². The molecule has 5 heteroatoms. The number of ketones is 1. The number of aliphatic hydroxyl groups is 1. The van der Waals surface area contributed by atoms with Crippen LogP contribution < -0.4 is 5.32 Å². The molecule has 0 saturated carbocycles. The van der Waals surface area contributed by atoms with Gasteiger partial charge >= 0.3 is 0 Å². The first-order valence-corrected chi connectivity index (χ1v) is 12.2. The van der Waals surface area contributed by atoms with Gasteiger partial charge in [-0.05, 0) is 46.7 Å². The predicted molar refractivity (Wildman–Crippen MR) is 142 cm³/mol. The summed E-state index contributed by atoms with van der Waals surface area (Å²) in [7, 11) is 0. The molecule has 1 aromatic heterocycles. The quantitative estimate of drug-likeness (QED) is 0.314. The van der Waals surface area contributed by atoms with Gasteiger partial charge in [-0.1, -0.05) is 74.5 Å². The third-order valence-corrected chi connectivity index (χ3v) is 6.78. The molecule has 4 aromatic rings. The van der Waals surface area contributed by atoms with Crippen LogP contribution in [0.15, 0.2) is 78.5 Å². The van der Waals surface area contributed by atoms with Crippen LogP contribution in [0.5, 0.6) is 0 Å². The first-order chi connectivity index (χ1) is 16.9. The van der Waals surface area contributed by atoms with E-state index in [2.05, 4.69) is 77.9 Å². The maximum atomic E-state index is 13.6. The Kier molecular flexibility index (Phi) is 6.03. The largest absolute Gasteiger partial charge is 0.397 e. The van der Waals surface area contributed by atoms with E-state index in [9.17, 15) is 4.79 Å². The van der Waals surface area contributed by atoms with Crippen molar-refractivity contribution >= 4 is 27.8 Å². The fraction of sp³-hybridized carbons (Fsp3) is 0.267. The maximum Gasteiger partial charge on any atom is 0.162 e. The summed E-state index contributed by atoms with van der Waals surface area (Å²) in [5.41, 5.74) is 7.31. The molecule has 1 aliphatic heterocycles. The lowest BCUT2D eigenvalue weighted by Gasteiger charge is -2.40. The van der Waals surface area contributed by atoms with Crippen molar-refractivity contribution in [2.24, 2.45) is 5.41 Å². The SMILES string of the molecule is CC1(C)CC(=O)C2=C(C1)c1c(ccc3ccccc13)NC2c1cn[nH]c1-c1ccccc1.CCO. The van der Waals surface area contributed by atoms with Crippen LogP contribution in [0.25, 0.3) is 27.6 Å². The fourth-order valence-corrected chi connectivity index (χ4v) is 5.42. The van der Waals surface area contributed by atoms with Crippen molar-refractivity contribution in [2.45, 2.75) is 39.7 Å². The molecule has 178 valence electrons. The van der Waals surface area contributed by atoms with Crippen LogP contribution in [0.4, 0.5) is 5.69 Å². The summed E-state index contributed by atoms with van der Waals surface area (Å²) < 4.78 is 0. The minimum absolute atomic E-state index is 0.0648. The van der Waals surface area contributed by atoms with Crippen LogP contribution in [0.2, 0.25) is 0 Å². The Bertz CT molecular complexity index is 1420. The number of benzene rings is 3. The van der Waals surface area contributed by atoms with Gasteiger partial charge in [0.25, 0.3) is 0 Å². The lowest BCUT2D eigenvalue weighted by Crippen LogP contribution is -2.33. The van der Waals surface area contributed by atoms with Crippen molar-refractivity contribution < 1.29 is 9.90 Å². The Morgan fingerprint density at radius 2 is 1.71 bits per heavy atom. The fourth-order valence-electron chi connectivity index (χ4n) is 5.42. The predicted octanol–water partition coefficient (Wildman–Crippen LogP) is 6.54. The molecular formula is C30H31N3O2. The van der Waals surface area contributed by atoms with Gasteiger partial charge in [-0.15, -0.1) is 0 Å². The molecule has 3 aromatic carbocycles. The van der Waals surface area contributed by atoms with E-state index in [1.807, 2.05) is 24.4 Å². The van der Waals surface area contributed by atoms with Gasteiger partial charge in [0.05, 0.1) is 17.9 Å². The van der Waals surface area contributed by atoms with Gasteiger partial charge in [0.15, 0.2) is 5.78 Å². The number of hydrogen-bond acceptors (Lipinski definition) is 4. The Balaban J connectivity index is 0.000000806. The molecule has 2 heterocycles. The van der Waals surface area contributed by atoms with Crippen LogP contribution in [0.1, 0.15) is 50.8 Å². The van der Waals surface area contributed by atoms with E-state index in [1.165, 1.54) is 21.9 Å². The third kappa shape index (κ3) is 4.17. The number of fused-ring (bicyclic) bond motifs is 4. The highest BCUT2D eigenvalue weighted by atomic mass is 16.2. The molecule has 0 amide bonds. The molecular weight excluding hydrogens is 434 g/mol. The molecule has 1 atom stereocenters. The molecule has 5 nitrogen and oxygen atoms in total. The number of carbonyl (C=O) groups excluding carboxylic acids is 1. The number of Topliss-reactive ketones (excluding diaryl/α,β-unsaturated/α-hetero) is 1. The first kappa shape index (κ1) is 23.1. The Morgan fingerprint density at radius 3 is 2.49 bits per heavy atom. The standard InChI is InChI=1S/C28H25N3O.C2H6O/c1-28(2)14-20-24-19-11-7-6-8-17(19)12-13-22(24)30-27(25(20)23(32)15-28)21-16-29-31-26(21)18-9-4-3-5-10-18;1-2-3/h3-13,16,27,30H,14-15H2,1-2H3,(H,29,31);3H,2H2,1H3. The van der Waals surface area contributed by atoms with Gasteiger partial charge in [0.2, 0.25) is 0 Å². The summed E-state index contributed by atoms with van der Waals surface area (Å²) in [4.78, 5) is 13.6. The average molecular weight is 466 g/mol. The number of aromatic nitrogens is 2. The molecule has 2 aliphatic rings. The number of rotatable bonds is 2. The minimum Gasteiger partial charge on any atom is -0.397 e. The van der Waals surface area contributed by atoms with E-state index >= 15 is 0 Å². The zero-order chi connectivity index (χ0) is 24.6. The molecule has 0 radical (unpaired) electrons. The van der Waals surface area contributed by atoms with E-state index in [-0.39, 0.29) is 23.8 Å². The van der Waals surface area contributed by atoms with Gasteiger partial charge in [-0.25, -0.2) is 0 Å². The van der Waals surface area contributed by atoms with Gasteiger partial charge < -0.3 is 10.4 Å². The maximum absolute atomic E-state index is 13.6. The summed E-state index contributed by atoms with van der Waals surface area (Å²) in [5.74, 6) is 0.229. The second-order valence-electron chi connectivity index (χ2n) is 10.0. The number of allylic oxidation sites excluding steroid dienone is 1. The summed E-state index contributed by atoms with van der Waals surface area (Å²) in [6, 6.07) is 22.7. The van der Waals surface area contributed by atoms with E-state index in [1.54, 1.807) is 6.92 Å². The summed E-state index contributed by atoms with van der Waals surface area (Å²) in [6.07, 6.45) is 3.30. The van der Waals surface area contributed by atoms with Crippen molar-refractivity contribution in [1.29, 1.82) is 0 Å². The van der Waals surface area contributed by atoms with Gasteiger partial charge in [-0.2, -0.15) is 5.10 Å². The molecule has 1 aliphatic carbocycles. The molecule has 0 spiro atoms. The number of nitrogens with one attached hydrogen (secondary N) is 2. The van der Waals surface area contributed by atoms with Crippen LogP contribution in [0, 0.1) is 5.41 Å². The van der Waals surface area contributed by atoms with E-state index in [4.69, 9.17) is 5.11 Å². The third-order valence-electron chi connectivity index (χ3n) is 6.78. The number of carbonyl (C=O) groups is 1. The topological polar surface area (TPSA) is 78.0 Å². The van der Waals surface area contributed by atoms with Crippen LogP contribution in [-0.4, -0.2) is 27.7 Å². The van der Waals surface area contributed by atoms with Gasteiger partial charge in [-0.3, -0.25) is 9.89 Å². The highest BCUT2D eigenvalue weighted by Gasteiger charge is 2.41. The van der Waals surface area contributed by atoms with Crippen LogP contribution in [0.3, 0.4) is 0 Å². The molecule has 0 fully saturated rings. The van der Waals surface area contributed by atoms with E-state index < -0.39 is 0 Å². The molecule has 3 N–H and O–H groups in total. The monoisotopic (exact) mass is 465 g/mol. The second kappa shape index (κ2) is 9.16. The highest BCUT2D eigenvalue weighted by molar-refractivity contribution is 6.13. The Hall–Kier alpha value is -3.70. The molecule has 35 heavy (non-hydrogen) atoms. The second-order valence-corrected chi connectivity index (χ2v) is 10.0.